The summed E-state index contributed by atoms with van der Waals surface area (Å²) in [6.45, 7) is 0. The summed E-state index contributed by atoms with van der Waals surface area (Å²) >= 11 is 0. The van der Waals surface area contributed by atoms with Gasteiger partial charge in [0.2, 0.25) is 0 Å². The van der Waals surface area contributed by atoms with Gasteiger partial charge in [-0.25, -0.2) is 0 Å². The van der Waals surface area contributed by atoms with Gasteiger partial charge in [0.15, 0.2) is 7.14 Å². The summed E-state index contributed by atoms with van der Waals surface area (Å²) in [5.74, 6) is 0. The van der Waals surface area contributed by atoms with Crippen molar-refractivity contribution in [2.24, 2.45) is 0 Å². The van der Waals surface area contributed by atoms with Crippen molar-refractivity contribution in [1.29, 1.82) is 0 Å². The van der Waals surface area contributed by atoms with Gasteiger partial charge in [-0.2, -0.15) is 0 Å². The molecular weight excluding hydrogens is 575 g/mol. The minimum absolute atomic E-state index is 0.833. The highest BCUT2D eigenvalue weighted by molar-refractivity contribution is 7.85. The van der Waals surface area contributed by atoms with E-state index in [-0.39, 0.29) is 0 Å². The van der Waals surface area contributed by atoms with Gasteiger partial charge in [0, 0.05) is 15.9 Å². The molecule has 0 atom stereocenters. The Hall–Kier alpha value is -5.49. The summed E-state index contributed by atoms with van der Waals surface area (Å²) in [5, 5.41) is 7.48. The average Bonchev–Trinajstić information content (AvgIpc) is 3.14. The molecule has 0 saturated heterocycles. The number of rotatable bonds is 6. The zero-order valence-corrected chi connectivity index (χ0v) is 26.1. The van der Waals surface area contributed by atoms with Crippen molar-refractivity contribution in [3.63, 3.8) is 0 Å². The van der Waals surface area contributed by atoms with Crippen molar-refractivity contribution >= 4 is 44.6 Å². The molecule has 218 valence electrons. The molecule has 46 heavy (non-hydrogen) atoms. The van der Waals surface area contributed by atoms with Crippen molar-refractivity contribution in [2.45, 2.75) is 0 Å². The third-order valence-electron chi connectivity index (χ3n) is 8.95. The zero-order chi connectivity index (χ0) is 30.9. The van der Waals surface area contributed by atoms with E-state index in [1.165, 1.54) is 43.8 Å². The van der Waals surface area contributed by atoms with Crippen molar-refractivity contribution in [1.82, 2.24) is 0 Å². The molecule has 0 fully saturated rings. The lowest BCUT2D eigenvalue weighted by molar-refractivity contribution is 0.592. The van der Waals surface area contributed by atoms with Crippen LogP contribution in [0.5, 0.6) is 0 Å². The first-order valence-electron chi connectivity index (χ1n) is 15.6. The van der Waals surface area contributed by atoms with E-state index < -0.39 is 7.14 Å². The van der Waals surface area contributed by atoms with Crippen LogP contribution in [0.1, 0.15) is 0 Å². The molecule has 0 aliphatic rings. The molecule has 1 nitrogen and oxygen atoms in total. The van der Waals surface area contributed by atoms with Gasteiger partial charge in [0.25, 0.3) is 0 Å². The van der Waals surface area contributed by atoms with Crippen molar-refractivity contribution in [3.05, 3.63) is 188 Å². The Bertz CT molecular complexity index is 2260. The van der Waals surface area contributed by atoms with Gasteiger partial charge in [0.1, 0.15) is 0 Å². The Morgan fingerprint density at radius 3 is 1.11 bits per heavy atom. The highest BCUT2D eigenvalue weighted by atomic mass is 31.2. The molecule has 8 aromatic rings. The van der Waals surface area contributed by atoms with Gasteiger partial charge in [-0.1, -0.05) is 182 Å². The van der Waals surface area contributed by atoms with Gasteiger partial charge in [-0.15, -0.1) is 0 Å². The Morgan fingerprint density at radius 1 is 0.283 bits per heavy atom. The molecule has 8 rings (SSSR count). The topological polar surface area (TPSA) is 17.1 Å². The van der Waals surface area contributed by atoms with Crippen LogP contribution >= 0.6 is 7.14 Å². The quantitative estimate of drug-likeness (QED) is 0.136. The zero-order valence-electron chi connectivity index (χ0n) is 25.3. The monoisotopic (exact) mass is 606 g/mol. The Kier molecular flexibility index (Phi) is 7.18. The van der Waals surface area contributed by atoms with Gasteiger partial charge in [-0.3, -0.25) is 0 Å². The van der Waals surface area contributed by atoms with Crippen LogP contribution in [0.2, 0.25) is 0 Å². The summed E-state index contributed by atoms with van der Waals surface area (Å²) in [6.07, 6.45) is 0. The fourth-order valence-electron chi connectivity index (χ4n) is 6.79. The largest absolute Gasteiger partial charge is 0.309 e. The van der Waals surface area contributed by atoms with Crippen LogP contribution in [-0.2, 0) is 4.57 Å². The van der Waals surface area contributed by atoms with Crippen LogP contribution < -0.4 is 15.9 Å². The predicted molar refractivity (Wildman–Crippen MR) is 197 cm³/mol. The SMILES string of the molecule is O=P(c1ccccc1)(c1ccccc1)c1cccc(-c2ccc(-c3c4ccccc4c(-c4ccccc4)c4ccccc34)cc2)c1. The maximum absolute atomic E-state index is 15.0. The number of hydrogen-bond acceptors (Lipinski definition) is 1. The maximum Gasteiger partial charge on any atom is 0.171 e. The first-order chi connectivity index (χ1) is 22.7. The van der Waals surface area contributed by atoms with Crippen molar-refractivity contribution < 1.29 is 4.57 Å². The van der Waals surface area contributed by atoms with E-state index in [0.717, 1.165) is 27.0 Å². The summed E-state index contributed by atoms with van der Waals surface area (Å²) in [6, 6.07) is 65.0. The lowest BCUT2D eigenvalue weighted by Crippen LogP contribution is -2.25. The fourth-order valence-corrected chi connectivity index (χ4v) is 9.48. The lowest BCUT2D eigenvalue weighted by Gasteiger charge is -2.21. The van der Waals surface area contributed by atoms with E-state index in [9.17, 15) is 0 Å². The predicted octanol–water partition coefficient (Wildman–Crippen LogP) is 10.6. The van der Waals surface area contributed by atoms with Gasteiger partial charge < -0.3 is 4.57 Å². The molecule has 0 bridgehead atoms. The van der Waals surface area contributed by atoms with Crippen LogP contribution in [0.3, 0.4) is 0 Å². The average molecular weight is 607 g/mol. The molecule has 0 spiro atoms. The number of hydrogen-bond donors (Lipinski definition) is 0. The normalized spacial score (nSPS) is 11.6. The van der Waals surface area contributed by atoms with Crippen LogP contribution in [0.4, 0.5) is 0 Å². The Labute approximate surface area is 269 Å². The standard InChI is InChI=1S/C44H31OP/c45-46(36-18-6-2-7-19-36,37-20-8-3-9-21-37)38-22-14-17-35(31-38)32-27-29-34(30-28-32)44-41-25-12-10-23-39(41)43(33-15-4-1-5-16-33)40-24-11-13-26-42(40)44/h1-31H. The summed E-state index contributed by atoms with van der Waals surface area (Å²) in [4.78, 5) is 0. The Balaban J connectivity index is 1.26. The van der Waals surface area contributed by atoms with Crippen LogP contribution in [0.15, 0.2) is 188 Å². The van der Waals surface area contributed by atoms with E-state index in [2.05, 4.69) is 115 Å². The smallest absolute Gasteiger partial charge is 0.171 e. The molecule has 0 aromatic heterocycles. The third kappa shape index (κ3) is 4.78. The second kappa shape index (κ2) is 11.8. The number of fused-ring (bicyclic) bond motifs is 2. The molecule has 2 heteroatoms. The molecule has 0 amide bonds. The van der Waals surface area contributed by atoms with Gasteiger partial charge >= 0.3 is 0 Å². The van der Waals surface area contributed by atoms with E-state index in [1.807, 2.05) is 72.8 Å². The minimum atomic E-state index is -3.07. The van der Waals surface area contributed by atoms with E-state index in [4.69, 9.17) is 0 Å². The highest BCUT2D eigenvalue weighted by Crippen LogP contribution is 2.45. The molecule has 0 aliphatic heterocycles. The lowest BCUT2D eigenvalue weighted by atomic mass is 9.86. The fraction of sp³-hybridized carbons (Fsp3) is 0. The van der Waals surface area contributed by atoms with E-state index in [0.29, 0.717) is 0 Å². The molecule has 0 heterocycles. The van der Waals surface area contributed by atoms with Gasteiger partial charge in [-0.05, 0) is 61.0 Å². The van der Waals surface area contributed by atoms with Crippen LogP contribution in [0, 0.1) is 0 Å². The summed E-state index contributed by atoms with van der Waals surface area (Å²) in [7, 11) is -3.07. The summed E-state index contributed by atoms with van der Waals surface area (Å²) < 4.78 is 15.0. The molecule has 0 aliphatic carbocycles. The molecule has 0 radical (unpaired) electrons. The highest BCUT2D eigenvalue weighted by Gasteiger charge is 2.29. The van der Waals surface area contributed by atoms with E-state index >= 15 is 4.57 Å². The first-order valence-corrected chi connectivity index (χ1v) is 17.3. The molecule has 0 unspecified atom stereocenters. The molecule has 8 aromatic carbocycles. The Morgan fingerprint density at radius 2 is 0.630 bits per heavy atom. The number of benzene rings is 8. The molecule has 0 saturated carbocycles. The van der Waals surface area contributed by atoms with Crippen molar-refractivity contribution in [2.75, 3.05) is 0 Å². The van der Waals surface area contributed by atoms with Crippen molar-refractivity contribution in [3.8, 4) is 33.4 Å². The second-order valence-corrected chi connectivity index (χ2v) is 14.4. The van der Waals surface area contributed by atoms with Gasteiger partial charge in [0.05, 0.1) is 0 Å². The van der Waals surface area contributed by atoms with Crippen LogP contribution in [-0.4, -0.2) is 0 Å². The first kappa shape index (κ1) is 28.0. The second-order valence-electron chi connectivity index (χ2n) is 11.6. The maximum atomic E-state index is 15.0. The summed E-state index contributed by atoms with van der Waals surface area (Å²) in [5.41, 5.74) is 7.04. The molecular formula is C44H31OP. The molecule has 0 N–H and O–H groups in total. The van der Waals surface area contributed by atoms with Crippen LogP contribution in [0.25, 0.3) is 54.9 Å². The third-order valence-corrected chi connectivity index (χ3v) is 12.0. The van der Waals surface area contributed by atoms with E-state index in [1.54, 1.807) is 0 Å². The minimum Gasteiger partial charge on any atom is -0.309 e.